The van der Waals surface area contributed by atoms with Crippen molar-refractivity contribution in [3.63, 3.8) is 0 Å². The van der Waals surface area contributed by atoms with Crippen LogP contribution in [0.3, 0.4) is 0 Å². The topological polar surface area (TPSA) is 74.8 Å². The lowest BCUT2D eigenvalue weighted by atomic mass is 10.1. The highest BCUT2D eigenvalue weighted by molar-refractivity contribution is 5.44. The van der Waals surface area contributed by atoms with E-state index in [0.29, 0.717) is 30.8 Å². The van der Waals surface area contributed by atoms with Gasteiger partial charge in [0, 0.05) is 13.0 Å². The van der Waals surface area contributed by atoms with Crippen LogP contribution in [0.1, 0.15) is 36.7 Å². The van der Waals surface area contributed by atoms with Crippen LogP contribution in [0, 0.1) is 5.82 Å². The molecule has 0 fully saturated rings. The van der Waals surface area contributed by atoms with Gasteiger partial charge in [0.1, 0.15) is 6.33 Å². The number of aromatic nitrogens is 4. The Morgan fingerprint density at radius 1 is 1.33 bits per heavy atom. The van der Waals surface area contributed by atoms with Crippen LogP contribution in [0.2, 0.25) is 0 Å². The van der Waals surface area contributed by atoms with E-state index in [9.17, 15) is 9.18 Å². The van der Waals surface area contributed by atoms with Crippen molar-refractivity contribution in [2.75, 3.05) is 11.4 Å². The zero-order chi connectivity index (χ0) is 15.0. The van der Waals surface area contributed by atoms with Crippen molar-refractivity contribution in [3.05, 3.63) is 45.8 Å². The molecule has 0 aromatic carbocycles. The minimum Gasteiger partial charge on any atom is -0.349 e. The largest absolute Gasteiger partial charge is 0.349 e. The Labute approximate surface area is 121 Å². The summed E-state index contributed by atoms with van der Waals surface area (Å²) >= 11 is 0. The van der Waals surface area contributed by atoms with Crippen LogP contribution < -0.4 is 10.5 Å². The van der Waals surface area contributed by atoms with Gasteiger partial charge in [-0.05, 0) is 5.92 Å². The third-order valence-corrected chi connectivity index (χ3v) is 3.65. The highest BCUT2D eigenvalue weighted by Crippen LogP contribution is 2.26. The molecular weight excluding hydrogens is 273 g/mol. The predicted octanol–water partition coefficient (Wildman–Crippen LogP) is 1.39. The van der Waals surface area contributed by atoms with Crippen molar-refractivity contribution < 1.29 is 4.39 Å². The lowest BCUT2D eigenvalue weighted by Gasteiger charge is -2.29. The summed E-state index contributed by atoms with van der Waals surface area (Å²) in [4.78, 5) is 28.4. The summed E-state index contributed by atoms with van der Waals surface area (Å²) < 4.78 is 14.5. The second-order valence-electron chi connectivity index (χ2n) is 5.38. The summed E-state index contributed by atoms with van der Waals surface area (Å²) in [6.07, 6.45) is 3.37. The lowest BCUT2D eigenvalue weighted by molar-refractivity contribution is 0.561. The summed E-state index contributed by atoms with van der Waals surface area (Å²) in [5, 5.41) is 0. The Morgan fingerprint density at radius 3 is 2.90 bits per heavy atom. The fourth-order valence-electron chi connectivity index (χ4n) is 2.53. The summed E-state index contributed by atoms with van der Waals surface area (Å²) in [6.45, 7) is 4.66. The minimum absolute atomic E-state index is 0.0195. The Morgan fingerprint density at radius 2 is 2.14 bits per heavy atom. The number of rotatable bonds is 2. The van der Waals surface area contributed by atoms with Gasteiger partial charge in [-0.2, -0.15) is 0 Å². The summed E-state index contributed by atoms with van der Waals surface area (Å²) in [5.74, 6) is -0.173. The van der Waals surface area contributed by atoms with Crippen molar-refractivity contribution in [2.45, 2.75) is 32.7 Å². The number of hydrogen-bond donors (Lipinski definition) is 1. The number of halogens is 1. The average Bonchev–Trinajstić information content (AvgIpc) is 2.47. The van der Waals surface area contributed by atoms with E-state index < -0.39 is 5.82 Å². The van der Waals surface area contributed by atoms with E-state index in [1.807, 2.05) is 13.8 Å². The number of anilines is 1. The van der Waals surface area contributed by atoms with Crippen molar-refractivity contribution in [2.24, 2.45) is 0 Å². The van der Waals surface area contributed by atoms with E-state index in [1.165, 1.54) is 12.7 Å². The van der Waals surface area contributed by atoms with Crippen LogP contribution in [0.4, 0.5) is 10.2 Å². The molecule has 0 unspecified atom stereocenters. The zero-order valence-corrected chi connectivity index (χ0v) is 11.9. The minimum atomic E-state index is -0.406. The lowest BCUT2D eigenvalue weighted by Crippen LogP contribution is -2.36. The van der Waals surface area contributed by atoms with Gasteiger partial charge in [-0.3, -0.25) is 4.79 Å². The van der Waals surface area contributed by atoms with Crippen molar-refractivity contribution in [1.82, 2.24) is 19.9 Å². The third kappa shape index (κ3) is 2.39. The molecule has 2 aromatic heterocycles. The molecule has 3 rings (SSSR count). The molecule has 0 amide bonds. The molecule has 0 spiro atoms. The molecule has 21 heavy (non-hydrogen) atoms. The number of hydrogen-bond acceptors (Lipinski definition) is 5. The zero-order valence-electron chi connectivity index (χ0n) is 11.9. The predicted molar refractivity (Wildman–Crippen MR) is 75.7 cm³/mol. The number of nitrogens with one attached hydrogen (secondary N) is 1. The molecule has 1 aliphatic rings. The Bertz CT molecular complexity index is 728. The molecule has 7 heteroatoms. The maximum atomic E-state index is 14.5. The number of H-pyrrole nitrogens is 1. The van der Waals surface area contributed by atoms with Gasteiger partial charge in [0.25, 0.3) is 5.56 Å². The van der Waals surface area contributed by atoms with Crippen LogP contribution in [-0.2, 0) is 13.0 Å². The van der Waals surface area contributed by atoms with E-state index >= 15 is 0 Å². The van der Waals surface area contributed by atoms with Gasteiger partial charge in [0.2, 0.25) is 0 Å². The third-order valence-electron chi connectivity index (χ3n) is 3.65. The highest BCUT2D eigenvalue weighted by Gasteiger charge is 2.25. The average molecular weight is 289 g/mol. The molecule has 1 aliphatic heterocycles. The fraction of sp³-hybridized carbons (Fsp3) is 0.429. The van der Waals surface area contributed by atoms with Crippen LogP contribution >= 0.6 is 0 Å². The monoisotopic (exact) mass is 289 g/mol. The van der Waals surface area contributed by atoms with Crippen LogP contribution in [-0.4, -0.2) is 26.5 Å². The first-order chi connectivity index (χ1) is 10.1. The second kappa shape index (κ2) is 5.23. The molecule has 0 atom stereocenters. The molecule has 0 saturated heterocycles. The maximum absolute atomic E-state index is 14.5. The van der Waals surface area contributed by atoms with Gasteiger partial charge >= 0.3 is 0 Å². The van der Waals surface area contributed by atoms with Gasteiger partial charge in [-0.15, -0.1) is 0 Å². The first-order valence-corrected chi connectivity index (χ1v) is 6.88. The van der Waals surface area contributed by atoms with E-state index in [0.717, 1.165) is 5.69 Å². The standard InChI is InChI=1S/C14H16FN5O/c1-8(2)12-11(15)13(18-7-17-12)20-4-3-10-9(5-20)14(21)19-6-16-10/h6-8H,3-5H2,1-2H3,(H,16,19,21). The molecule has 110 valence electrons. The quantitative estimate of drug-likeness (QED) is 0.904. The van der Waals surface area contributed by atoms with Gasteiger partial charge < -0.3 is 9.88 Å². The number of aromatic amines is 1. The first-order valence-electron chi connectivity index (χ1n) is 6.88. The van der Waals surface area contributed by atoms with E-state index in [2.05, 4.69) is 19.9 Å². The smallest absolute Gasteiger partial charge is 0.255 e. The van der Waals surface area contributed by atoms with Crippen LogP contribution in [0.15, 0.2) is 17.4 Å². The van der Waals surface area contributed by atoms with Gasteiger partial charge in [0.05, 0.1) is 29.8 Å². The molecule has 0 aliphatic carbocycles. The molecule has 6 nitrogen and oxygen atoms in total. The summed E-state index contributed by atoms with van der Waals surface area (Å²) in [7, 11) is 0. The van der Waals surface area contributed by atoms with Crippen LogP contribution in [0.25, 0.3) is 0 Å². The molecule has 0 radical (unpaired) electrons. The van der Waals surface area contributed by atoms with Crippen molar-refractivity contribution in [1.29, 1.82) is 0 Å². The van der Waals surface area contributed by atoms with Gasteiger partial charge in [-0.1, -0.05) is 13.8 Å². The van der Waals surface area contributed by atoms with Crippen molar-refractivity contribution in [3.8, 4) is 0 Å². The van der Waals surface area contributed by atoms with E-state index in [4.69, 9.17) is 0 Å². The molecule has 0 bridgehead atoms. The number of fused-ring (bicyclic) bond motifs is 1. The van der Waals surface area contributed by atoms with Gasteiger partial charge in [-0.25, -0.2) is 19.3 Å². The maximum Gasteiger partial charge on any atom is 0.255 e. The molecule has 0 saturated carbocycles. The first kappa shape index (κ1) is 13.7. The van der Waals surface area contributed by atoms with E-state index in [1.54, 1.807) is 4.90 Å². The number of nitrogens with zero attached hydrogens (tertiary/aromatic N) is 4. The summed E-state index contributed by atoms with van der Waals surface area (Å²) in [6, 6.07) is 0. The normalized spacial score (nSPS) is 14.4. The Hall–Kier alpha value is -2.31. The molecule has 3 heterocycles. The highest BCUT2D eigenvalue weighted by atomic mass is 19.1. The SMILES string of the molecule is CC(C)c1ncnc(N2CCc3nc[nH]c(=O)c3C2)c1F. The molecule has 2 aromatic rings. The van der Waals surface area contributed by atoms with Crippen molar-refractivity contribution >= 4 is 5.82 Å². The summed E-state index contributed by atoms with van der Waals surface area (Å²) in [5.41, 5.74) is 1.57. The van der Waals surface area contributed by atoms with Gasteiger partial charge in [0.15, 0.2) is 11.6 Å². The Balaban J connectivity index is 1.99. The van der Waals surface area contributed by atoms with Crippen LogP contribution in [0.5, 0.6) is 0 Å². The fourth-order valence-corrected chi connectivity index (χ4v) is 2.53. The van der Waals surface area contributed by atoms with E-state index in [-0.39, 0.29) is 17.3 Å². The molecular formula is C14H16FN5O. The second-order valence-corrected chi connectivity index (χ2v) is 5.38. The Kier molecular flexibility index (Phi) is 3.40. The molecule has 1 N–H and O–H groups in total.